The molecule has 0 atom stereocenters. The number of rotatable bonds is 0. The highest BCUT2D eigenvalue weighted by atomic mass is 79.9. The highest BCUT2D eigenvalue weighted by Gasteiger charge is 2.16. The minimum absolute atomic E-state index is 0.362. The number of hydrogen-bond acceptors (Lipinski definition) is 1. The number of Topliss-reactive ketones (excluding diaryl/α,β-unsaturated/α-hetero) is 1. The maximum Gasteiger partial charge on any atom is 0.137 e. The number of fused-ring (bicyclic) bond motifs is 1. The van der Waals surface area contributed by atoms with Crippen LogP contribution in [-0.2, 0) is 17.6 Å². The predicted molar refractivity (Wildman–Crippen MR) is 51.2 cm³/mol. The zero-order chi connectivity index (χ0) is 8.55. The molecule has 1 aliphatic rings. The van der Waals surface area contributed by atoms with Crippen molar-refractivity contribution in [3.05, 3.63) is 33.8 Å². The number of carbonyl (C=O) groups is 1. The van der Waals surface area contributed by atoms with Gasteiger partial charge in [0.05, 0.1) is 0 Å². The van der Waals surface area contributed by atoms with Gasteiger partial charge in [0.15, 0.2) is 0 Å². The van der Waals surface area contributed by atoms with Crippen LogP contribution in [0.3, 0.4) is 0 Å². The molecule has 0 bridgehead atoms. The average Bonchev–Trinajstić information content (AvgIpc) is 2.04. The van der Waals surface area contributed by atoms with Crippen molar-refractivity contribution >= 4 is 21.7 Å². The Morgan fingerprint density at radius 3 is 2.92 bits per heavy atom. The van der Waals surface area contributed by atoms with Crippen molar-refractivity contribution in [2.24, 2.45) is 0 Å². The summed E-state index contributed by atoms with van der Waals surface area (Å²) in [5.74, 6) is 0.362. The first-order valence-corrected chi connectivity index (χ1v) is 4.84. The van der Waals surface area contributed by atoms with E-state index in [1.54, 1.807) is 0 Å². The van der Waals surface area contributed by atoms with Crippen LogP contribution in [0.2, 0.25) is 0 Å². The van der Waals surface area contributed by atoms with Gasteiger partial charge < -0.3 is 0 Å². The number of ketones is 1. The summed E-state index contributed by atoms with van der Waals surface area (Å²) in [5.41, 5.74) is 2.51. The van der Waals surface area contributed by atoms with Crippen molar-refractivity contribution in [2.45, 2.75) is 19.3 Å². The van der Waals surface area contributed by atoms with Crippen molar-refractivity contribution in [2.75, 3.05) is 0 Å². The quantitative estimate of drug-likeness (QED) is 0.662. The Bertz CT molecular complexity index is 331. The van der Waals surface area contributed by atoms with E-state index in [0.29, 0.717) is 18.6 Å². The molecule has 0 saturated heterocycles. The van der Waals surface area contributed by atoms with Gasteiger partial charge in [-0.3, -0.25) is 4.79 Å². The number of benzene rings is 1. The van der Waals surface area contributed by atoms with Gasteiger partial charge in [-0.15, -0.1) is 0 Å². The summed E-state index contributed by atoms with van der Waals surface area (Å²) in [6.45, 7) is 0. The van der Waals surface area contributed by atoms with Gasteiger partial charge in [0.1, 0.15) is 5.78 Å². The van der Waals surface area contributed by atoms with Gasteiger partial charge in [-0.25, -0.2) is 0 Å². The summed E-state index contributed by atoms with van der Waals surface area (Å²) >= 11 is 3.49. The van der Waals surface area contributed by atoms with Crippen molar-refractivity contribution < 1.29 is 4.79 Å². The standard InChI is InChI=1S/C10H9BrO/c11-10-3-1-2-7-6-8(12)4-5-9(7)10/h1-3H,4-6H2. The van der Waals surface area contributed by atoms with Crippen molar-refractivity contribution in [3.63, 3.8) is 0 Å². The van der Waals surface area contributed by atoms with Gasteiger partial charge in [0.25, 0.3) is 0 Å². The molecule has 0 saturated carbocycles. The summed E-state index contributed by atoms with van der Waals surface area (Å²) in [6, 6.07) is 6.06. The van der Waals surface area contributed by atoms with E-state index < -0.39 is 0 Å². The largest absolute Gasteiger partial charge is 0.299 e. The van der Waals surface area contributed by atoms with E-state index in [1.165, 1.54) is 11.1 Å². The van der Waals surface area contributed by atoms with Gasteiger partial charge in [0, 0.05) is 17.3 Å². The first kappa shape index (κ1) is 7.99. The van der Waals surface area contributed by atoms with Crippen LogP contribution in [0.15, 0.2) is 22.7 Å². The fourth-order valence-electron chi connectivity index (χ4n) is 1.61. The lowest BCUT2D eigenvalue weighted by Gasteiger charge is -2.15. The second kappa shape index (κ2) is 3.02. The molecule has 0 N–H and O–H groups in total. The van der Waals surface area contributed by atoms with Crippen molar-refractivity contribution in [1.29, 1.82) is 0 Å². The Balaban J connectivity index is 2.48. The molecular formula is C10H9BrO. The van der Waals surface area contributed by atoms with E-state index in [2.05, 4.69) is 15.9 Å². The van der Waals surface area contributed by atoms with Gasteiger partial charge in [-0.1, -0.05) is 28.1 Å². The Hall–Kier alpha value is -0.630. The molecule has 2 rings (SSSR count). The molecule has 0 heterocycles. The zero-order valence-electron chi connectivity index (χ0n) is 6.64. The third kappa shape index (κ3) is 1.31. The highest BCUT2D eigenvalue weighted by molar-refractivity contribution is 9.10. The van der Waals surface area contributed by atoms with E-state index >= 15 is 0 Å². The normalized spacial score (nSPS) is 15.9. The summed E-state index contributed by atoms with van der Waals surface area (Å²) in [5, 5.41) is 0. The first-order valence-electron chi connectivity index (χ1n) is 4.05. The molecule has 62 valence electrons. The van der Waals surface area contributed by atoms with Crippen LogP contribution in [-0.4, -0.2) is 5.78 Å². The van der Waals surface area contributed by atoms with Crippen LogP contribution in [0, 0.1) is 0 Å². The van der Waals surface area contributed by atoms with E-state index in [-0.39, 0.29) is 0 Å². The Morgan fingerprint density at radius 2 is 2.08 bits per heavy atom. The SMILES string of the molecule is O=C1CCc2c(Br)cccc2C1. The van der Waals surface area contributed by atoms with Gasteiger partial charge in [0.2, 0.25) is 0 Å². The Labute approximate surface area is 79.9 Å². The predicted octanol–water partition coefficient (Wildman–Crippen LogP) is 2.51. The smallest absolute Gasteiger partial charge is 0.137 e. The third-order valence-corrected chi connectivity index (χ3v) is 3.00. The van der Waals surface area contributed by atoms with E-state index in [9.17, 15) is 4.79 Å². The molecular weight excluding hydrogens is 216 g/mol. The van der Waals surface area contributed by atoms with Gasteiger partial charge >= 0.3 is 0 Å². The van der Waals surface area contributed by atoms with E-state index in [0.717, 1.165) is 10.9 Å². The molecule has 0 radical (unpaired) electrons. The molecule has 0 spiro atoms. The molecule has 1 aliphatic carbocycles. The van der Waals surface area contributed by atoms with Crippen molar-refractivity contribution in [1.82, 2.24) is 0 Å². The lowest BCUT2D eigenvalue weighted by molar-refractivity contribution is -0.118. The molecule has 1 nitrogen and oxygen atoms in total. The summed E-state index contributed by atoms with van der Waals surface area (Å²) in [6.07, 6.45) is 2.22. The molecule has 0 aliphatic heterocycles. The molecule has 1 aromatic carbocycles. The highest BCUT2D eigenvalue weighted by Crippen LogP contribution is 2.26. The summed E-state index contributed by atoms with van der Waals surface area (Å²) < 4.78 is 1.15. The van der Waals surface area contributed by atoms with E-state index in [1.807, 2.05) is 18.2 Å². The van der Waals surface area contributed by atoms with Crippen LogP contribution >= 0.6 is 15.9 Å². The summed E-state index contributed by atoms with van der Waals surface area (Å²) in [4.78, 5) is 11.1. The molecule has 0 fully saturated rings. The third-order valence-electron chi connectivity index (χ3n) is 2.26. The fraction of sp³-hybridized carbons (Fsp3) is 0.300. The Morgan fingerprint density at radius 1 is 1.25 bits per heavy atom. The van der Waals surface area contributed by atoms with Crippen LogP contribution < -0.4 is 0 Å². The van der Waals surface area contributed by atoms with Crippen molar-refractivity contribution in [3.8, 4) is 0 Å². The average molecular weight is 225 g/mol. The van der Waals surface area contributed by atoms with Gasteiger partial charge in [-0.2, -0.15) is 0 Å². The minimum atomic E-state index is 0.362. The van der Waals surface area contributed by atoms with Crippen LogP contribution in [0.1, 0.15) is 17.5 Å². The number of carbonyl (C=O) groups excluding carboxylic acids is 1. The second-order valence-corrected chi connectivity index (χ2v) is 3.95. The molecule has 0 unspecified atom stereocenters. The minimum Gasteiger partial charge on any atom is -0.299 e. The van der Waals surface area contributed by atoms with Crippen LogP contribution in [0.5, 0.6) is 0 Å². The second-order valence-electron chi connectivity index (χ2n) is 3.09. The number of hydrogen-bond donors (Lipinski definition) is 0. The topological polar surface area (TPSA) is 17.1 Å². The zero-order valence-corrected chi connectivity index (χ0v) is 8.23. The molecule has 2 heteroatoms. The molecule has 0 amide bonds. The van der Waals surface area contributed by atoms with Gasteiger partial charge in [-0.05, 0) is 23.6 Å². The fourth-order valence-corrected chi connectivity index (χ4v) is 2.22. The molecule has 1 aromatic rings. The van der Waals surface area contributed by atoms with Crippen LogP contribution in [0.4, 0.5) is 0 Å². The first-order chi connectivity index (χ1) is 5.77. The molecule has 0 aromatic heterocycles. The lowest BCUT2D eigenvalue weighted by atomic mass is 9.91. The maximum absolute atomic E-state index is 11.1. The lowest BCUT2D eigenvalue weighted by Crippen LogP contribution is -2.13. The van der Waals surface area contributed by atoms with Crippen LogP contribution in [0.25, 0.3) is 0 Å². The Kier molecular flexibility index (Phi) is 2.01. The van der Waals surface area contributed by atoms with E-state index in [4.69, 9.17) is 0 Å². The monoisotopic (exact) mass is 224 g/mol. The number of halogens is 1. The maximum atomic E-state index is 11.1. The molecule has 12 heavy (non-hydrogen) atoms. The summed E-state index contributed by atoms with van der Waals surface area (Å²) in [7, 11) is 0.